The van der Waals surface area contributed by atoms with E-state index in [9.17, 15) is 0 Å². The van der Waals surface area contributed by atoms with Gasteiger partial charge in [0.25, 0.3) is 0 Å². The van der Waals surface area contributed by atoms with Crippen LogP contribution < -0.4 is 25.0 Å². The number of benzene rings is 2. The number of rotatable bonds is 2. The molecule has 1 aromatic heterocycles. The minimum atomic E-state index is 0.137. The molecule has 136 valence electrons. The Morgan fingerprint density at radius 2 is 1.37 bits per heavy atom. The van der Waals surface area contributed by atoms with Crippen molar-refractivity contribution < 1.29 is 4.57 Å². The first kappa shape index (κ1) is 15.9. The third-order valence-electron chi connectivity index (χ3n) is 5.35. The SMILES string of the molecule is C[C@@H]1Nc2ccccc2N1c1ccnc(N2c3ccccc3N[C@@H]2C)[n+]1C. The number of hydrogen-bond acceptors (Lipinski definition) is 5. The Kier molecular flexibility index (Phi) is 3.47. The highest BCUT2D eigenvalue weighted by atomic mass is 15.4. The van der Waals surface area contributed by atoms with Crippen molar-refractivity contribution in [3.63, 3.8) is 0 Å². The number of fused-ring (bicyclic) bond motifs is 2. The molecule has 0 radical (unpaired) electrons. The fourth-order valence-corrected chi connectivity index (χ4v) is 4.15. The van der Waals surface area contributed by atoms with Gasteiger partial charge in [0.05, 0.1) is 24.6 Å². The van der Waals surface area contributed by atoms with Crippen LogP contribution in [0.25, 0.3) is 0 Å². The monoisotopic (exact) mass is 359 g/mol. The molecule has 5 rings (SSSR count). The van der Waals surface area contributed by atoms with Crippen LogP contribution in [0.4, 0.5) is 34.5 Å². The number of hydrogen-bond donors (Lipinski definition) is 2. The molecular formula is C21H23N6+. The maximum absolute atomic E-state index is 4.72. The van der Waals surface area contributed by atoms with E-state index < -0.39 is 0 Å². The van der Waals surface area contributed by atoms with Gasteiger partial charge in [-0.25, -0.2) is 9.47 Å². The van der Waals surface area contributed by atoms with E-state index in [2.05, 4.69) is 100 Å². The zero-order chi connectivity index (χ0) is 18.5. The quantitative estimate of drug-likeness (QED) is 0.683. The first-order valence-corrected chi connectivity index (χ1v) is 9.30. The summed E-state index contributed by atoms with van der Waals surface area (Å²) in [6.07, 6.45) is 2.20. The molecule has 0 bridgehead atoms. The molecule has 6 heteroatoms. The van der Waals surface area contributed by atoms with Gasteiger partial charge in [0.2, 0.25) is 5.82 Å². The van der Waals surface area contributed by atoms with Crippen LogP contribution in [0.1, 0.15) is 13.8 Å². The Hall–Kier alpha value is -3.28. The lowest BCUT2D eigenvalue weighted by Crippen LogP contribution is -2.46. The third kappa shape index (κ3) is 2.33. The second-order valence-corrected chi connectivity index (χ2v) is 7.08. The van der Waals surface area contributed by atoms with Crippen LogP contribution in [-0.2, 0) is 7.05 Å². The van der Waals surface area contributed by atoms with Crippen molar-refractivity contribution in [2.45, 2.75) is 26.2 Å². The molecule has 0 saturated heterocycles. The zero-order valence-corrected chi connectivity index (χ0v) is 15.7. The van der Waals surface area contributed by atoms with E-state index in [0.29, 0.717) is 0 Å². The van der Waals surface area contributed by atoms with Gasteiger partial charge in [-0.05, 0) is 38.1 Å². The Morgan fingerprint density at radius 1 is 0.815 bits per heavy atom. The van der Waals surface area contributed by atoms with Crippen LogP contribution in [0.3, 0.4) is 0 Å². The van der Waals surface area contributed by atoms with Crippen molar-refractivity contribution in [3.05, 3.63) is 60.8 Å². The summed E-state index contributed by atoms with van der Waals surface area (Å²) < 4.78 is 2.17. The third-order valence-corrected chi connectivity index (χ3v) is 5.35. The van der Waals surface area contributed by atoms with Crippen molar-refractivity contribution in [2.75, 3.05) is 20.4 Å². The van der Waals surface area contributed by atoms with E-state index in [1.807, 2.05) is 6.20 Å². The first-order valence-electron chi connectivity index (χ1n) is 9.30. The molecule has 0 saturated carbocycles. The van der Waals surface area contributed by atoms with Gasteiger partial charge >= 0.3 is 5.95 Å². The van der Waals surface area contributed by atoms with Gasteiger partial charge in [0.1, 0.15) is 23.7 Å². The fraction of sp³-hybridized carbons (Fsp3) is 0.238. The summed E-state index contributed by atoms with van der Waals surface area (Å²) in [4.78, 5) is 9.29. The molecule has 0 amide bonds. The van der Waals surface area contributed by atoms with Crippen molar-refractivity contribution in [3.8, 4) is 0 Å². The van der Waals surface area contributed by atoms with Gasteiger partial charge < -0.3 is 10.6 Å². The minimum Gasteiger partial charge on any atom is -0.354 e. The second kappa shape index (κ2) is 5.87. The normalized spacial score (nSPS) is 20.1. The summed E-state index contributed by atoms with van der Waals surface area (Å²) in [5, 5.41) is 7.09. The Bertz CT molecular complexity index is 939. The molecule has 3 aromatic rings. The summed E-state index contributed by atoms with van der Waals surface area (Å²) in [6.45, 7) is 4.33. The predicted octanol–water partition coefficient (Wildman–Crippen LogP) is 3.73. The molecule has 3 heterocycles. The van der Waals surface area contributed by atoms with Crippen molar-refractivity contribution >= 4 is 34.5 Å². The minimum absolute atomic E-state index is 0.137. The highest BCUT2D eigenvalue weighted by Crippen LogP contribution is 2.40. The van der Waals surface area contributed by atoms with Gasteiger partial charge in [-0.1, -0.05) is 24.3 Å². The predicted molar refractivity (Wildman–Crippen MR) is 109 cm³/mol. The highest BCUT2D eigenvalue weighted by Gasteiger charge is 2.37. The van der Waals surface area contributed by atoms with E-state index in [-0.39, 0.29) is 12.3 Å². The number of nitrogens with zero attached hydrogens (tertiary/aromatic N) is 4. The Balaban J connectivity index is 1.63. The molecule has 2 N–H and O–H groups in total. The van der Waals surface area contributed by atoms with E-state index in [1.165, 1.54) is 5.69 Å². The Morgan fingerprint density at radius 3 is 2.04 bits per heavy atom. The standard InChI is InChI=1S/C21H23N6/c1-14-23-16-8-4-6-10-18(16)26(14)20-12-13-22-21(25(20)3)27-15(2)24-17-9-5-7-11-19(17)27/h4-15,23-24H,1-3H3/q+1/t14-,15+/m1/s1. The van der Waals surface area contributed by atoms with E-state index in [0.717, 1.165) is 28.8 Å². The molecule has 2 atom stereocenters. The molecule has 0 unspecified atom stereocenters. The average Bonchev–Trinajstić information content (AvgIpc) is 3.17. The van der Waals surface area contributed by atoms with Crippen LogP contribution in [0.5, 0.6) is 0 Å². The average molecular weight is 359 g/mol. The van der Waals surface area contributed by atoms with Crippen molar-refractivity contribution in [1.29, 1.82) is 0 Å². The van der Waals surface area contributed by atoms with Crippen molar-refractivity contribution in [1.82, 2.24) is 4.98 Å². The summed E-state index contributed by atoms with van der Waals surface area (Å²) in [6, 6.07) is 18.9. The lowest BCUT2D eigenvalue weighted by molar-refractivity contribution is -0.648. The van der Waals surface area contributed by atoms with Crippen LogP contribution in [-0.4, -0.2) is 17.3 Å². The number of para-hydroxylation sites is 4. The topological polar surface area (TPSA) is 47.3 Å². The van der Waals surface area contributed by atoms with Gasteiger partial charge in [-0.15, -0.1) is 4.98 Å². The molecular weight excluding hydrogens is 336 g/mol. The van der Waals surface area contributed by atoms with Gasteiger partial charge in [-0.3, -0.25) is 4.90 Å². The van der Waals surface area contributed by atoms with Crippen molar-refractivity contribution in [2.24, 2.45) is 7.05 Å². The molecule has 0 spiro atoms. The molecule has 2 aliphatic heterocycles. The van der Waals surface area contributed by atoms with E-state index >= 15 is 0 Å². The number of nitrogens with one attached hydrogen (secondary N) is 2. The maximum atomic E-state index is 4.72. The molecule has 27 heavy (non-hydrogen) atoms. The molecule has 2 aliphatic rings. The summed E-state index contributed by atoms with van der Waals surface area (Å²) in [7, 11) is 2.08. The van der Waals surface area contributed by atoms with Crippen LogP contribution in [0.15, 0.2) is 60.8 Å². The summed E-state index contributed by atoms with van der Waals surface area (Å²) >= 11 is 0. The summed E-state index contributed by atoms with van der Waals surface area (Å²) in [5.41, 5.74) is 4.63. The number of anilines is 6. The number of aromatic nitrogens is 2. The van der Waals surface area contributed by atoms with E-state index in [1.54, 1.807) is 0 Å². The molecule has 6 nitrogen and oxygen atoms in total. The lowest BCUT2D eigenvalue weighted by Gasteiger charge is -2.24. The van der Waals surface area contributed by atoms with Gasteiger partial charge in [-0.2, -0.15) is 0 Å². The maximum Gasteiger partial charge on any atom is 0.356 e. The Labute approximate surface area is 159 Å². The van der Waals surface area contributed by atoms with Gasteiger partial charge in [0.15, 0.2) is 0 Å². The lowest BCUT2D eigenvalue weighted by atomic mass is 10.2. The smallest absolute Gasteiger partial charge is 0.354 e. The van der Waals surface area contributed by atoms with E-state index in [4.69, 9.17) is 4.98 Å². The molecule has 2 aromatic carbocycles. The van der Waals surface area contributed by atoms with Gasteiger partial charge in [0, 0.05) is 6.07 Å². The summed E-state index contributed by atoms with van der Waals surface area (Å²) in [5.74, 6) is 2.01. The fourth-order valence-electron chi connectivity index (χ4n) is 4.15. The molecule has 0 fully saturated rings. The highest BCUT2D eigenvalue weighted by molar-refractivity contribution is 5.81. The first-order chi connectivity index (χ1) is 13.1. The van der Waals surface area contributed by atoms with Crippen LogP contribution in [0.2, 0.25) is 0 Å². The molecule has 0 aliphatic carbocycles. The van der Waals surface area contributed by atoms with Crippen LogP contribution >= 0.6 is 0 Å². The second-order valence-electron chi connectivity index (χ2n) is 7.08. The zero-order valence-electron chi connectivity index (χ0n) is 15.7. The van der Waals surface area contributed by atoms with Crippen LogP contribution in [0, 0.1) is 0 Å². The largest absolute Gasteiger partial charge is 0.356 e.